The van der Waals surface area contributed by atoms with Crippen molar-refractivity contribution in [3.8, 4) is 0 Å². The van der Waals surface area contributed by atoms with E-state index >= 15 is 0 Å². The topological polar surface area (TPSA) is 91.1 Å². The number of nitrogens with zero attached hydrogens (tertiary/aromatic N) is 2. The Kier molecular flexibility index (Phi) is 4.90. The number of carbonyl (C=O) groups is 3. The van der Waals surface area contributed by atoms with Crippen LogP contribution >= 0.6 is 0 Å². The Morgan fingerprint density at radius 2 is 1.86 bits per heavy atom. The zero-order chi connectivity index (χ0) is 19.7. The average Bonchev–Trinajstić information content (AvgIpc) is 3.26. The van der Waals surface area contributed by atoms with Crippen molar-refractivity contribution in [2.45, 2.75) is 31.8 Å². The molecule has 0 bridgehead atoms. The number of hydrogen-bond donors (Lipinski definition) is 1. The van der Waals surface area contributed by atoms with Gasteiger partial charge in [0.2, 0.25) is 5.91 Å². The lowest BCUT2D eigenvalue weighted by Crippen LogP contribution is -2.55. The normalized spacial score (nSPS) is 21.9. The Bertz CT molecular complexity index is 892. The summed E-state index contributed by atoms with van der Waals surface area (Å²) in [5.74, 6) is -1.76. The first-order valence-electron chi connectivity index (χ1n) is 9.47. The molecular weight excluding hydrogens is 360 g/mol. The summed E-state index contributed by atoms with van der Waals surface area (Å²) in [6.45, 7) is 1.03. The van der Waals surface area contributed by atoms with Crippen LogP contribution in [0.5, 0.6) is 0 Å². The number of amides is 2. The van der Waals surface area contributed by atoms with Gasteiger partial charge in [0, 0.05) is 26.1 Å². The van der Waals surface area contributed by atoms with Crippen molar-refractivity contribution < 1.29 is 23.9 Å². The molecule has 28 heavy (non-hydrogen) atoms. The lowest BCUT2D eigenvalue weighted by molar-refractivity contribution is -0.147. The highest BCUT2D eigenvalue weighted by Crippen LogP contribution is 2.28. The number of benzene rings is 1. The van der Waals surface area contributed by atoms with Gasteiger partial charge in [-0.05, 0) is 36.1 Å². The fraction of sp³-hybridized carbons (Fsp3) is 0.381. The molecule has 146 valence electrons. The molecule has 2 unspecified atom stereocenters. The second-order valence-electron chi connectivity index (χ2n) is 7.36. The fourth-order valence-corrected chi connectivity index (χ4v) is 4.09. The third-order valence-corrected chi connectivity index (χ3v) is 5.61. The van der Waals surface area contributed by atoms with E-state index < -0.39 is 17.9 Å². The summed E-state index contributed by atoms with van der Waals surface area (Å²) in [6.07, 6.45) is 3.07. The monoisotopic (exact) mass is 382 g/mol. The molecule has 1 N–H and O–H groups in total. The van der Waals surface area contributed by atoms with Crippen molar-refractivity contribution in [1.29, 1.82) is 0 Å². The van der Waals surface area contributed by atoms with Gasteiger partial charge < -0.3 is 19.3 Å². The molecule has 1 aromatic carbocycles. The second-order valence-corrected chi connectivity index (χ2v) is 7.36. The SMILES string of the molecule is O=C(O)C1CCCN(C(=O)C2Cc3ccccc3CN2C(=O)c2ccco2)C1. The Morgan fingerprint density at radius 3 is 2.57 bits per heavy atom. The fourth-order valence-electron chi connectivity index (χ4n) is 4.09. The third-order valence-electron chi connectivity index (χ3n) is 5.61. The van der Waals surface area contributed by atoms with Crippen LogP contribution in [0.4, 0.5) is 0 Å². The number of carboxylic acids is 1. The van der Waals surface area contributed by atoms with Gasteiger partial charge in [-0.3, -0.25) is 14.4 Å². The van der Waals surface area contributed by atoms with Gasteiger partial charge in [0.15, 0.2) is 5.76 Å². The quantitative estimate of drug-likeness (QED) is 0.879. The van der Waals surface area contributed by atoms with E-state index in [1.807, 2.05) is 24.3 Å². The molecule has 0 radical (unpaired) electrons. The molecule has 1 fully saturated rings. The van der Waals surface area contributed by atoms with Gasteiger partial charge in [-0.25, -0.2) is 0 Å². The smallest absolute Gasteiger partial charge is 0.308 e. The lowest BCUT2D eigenvalue weighted by Gasteiger charge is -2.40. The predicted molar refractivity (Wildman–Crippen MR) is 99.5 cm³/mol. The lowest BCUT2D eigenvalue weighted by atomic mass is 9.91. The molecule has 4 rings (SSSR count). The number of carbonyl (C=O) groups excluding carboxylic acids is 2. The van der Waals surface area contributed by atoms with Crippen LogP contribution in [-0.4, -0.2) is 51.8 Å². The number of piperidine rings is 1. The van der Waals surface area contributed by atoms with Crippen LogP contribution in [0, 0.1) is 5.92 Å². The van der Waals surface area contributed by atoms with E-state index in [0.717, 1.165) is 11.1 Å². The summed E-state index contributed by atoms with van der Waals surface area (Å²) in [6, 6.07) is 10.3. The van der Waals surface area contributed by atoms with Gasteiger partial charge in [0.1, 0.15) is 6.04 Å². The van der Waals surface area contributed by atoms with Crippen LogP contribution in [0.2, 0.25) is 0 Å². The first-order valence-corrected chi connectivity index (χ1v) is 9.47. The van der Waals surface area contributed by atoms with Crippen molar-refractivity contribution in [1.82, 2.24) is 9.80 Å². The van der Waals surface area contributed by atoms with Crippen LogP contribution < -0.4 is 0 Å². The van der Waals surface area contributed by atoms with Gasteiger partial charge in [0.05, 0.1) is 12.2 Å². The molecular formula is C21H22N2O5. The van der Waals surface area contributed by atoms with Crippen molar-refractivity contribution >= 4 is 17.8 Å². The molecule has 7 heteroatoms. The number of furan rings is 1. The summed E-state index contributed by atoms with van der Waals surface area (Å²) in [4.78, 5) is 40.9. The third kappa shape index (κ3) is 3.40. The van der Waals surface area contributed by atoms with E-state index in [-0.39, 0.29) is 24.1 Å². The summed E-state index contributed by atoms with van der Waals surface area (Å²) >= 11 is 0. The molecule has 0 spiro atoms. The Morgan fingerprint density at radius 1 is 1.07 bits per heavy atom. The first-order chi connectivity index (χ1) is 13.5. The van der Waals surface area contributed by atoms with E-state index in [2.05, 4.69) is 0 Å². The van der Waals surface area contributed by atoms with E-state index in [9.17, 15) is 19.5 Å². The van der Waals surface area contributed by atoms with Gasteiger partial charge in [0.25, 0.3) is 5.91 Å². The maximum atomic E-state index is 13.3. The molecule has 7 nitrogen and oxygen atoms in total. The first kappa shape index (κ1) is 18.3. The minimum absolute atomic E-state index is 0.190. The number of fused-ring (bicyclic) bond motifs is 1. The highest BCUT2D eigenvalue weighted by molar-refractivity contribution is 5.96. The molecule has 3 heterocycles. The minimum atomic E-state index is -0.880. The van der Waals surface area contributed by atoms with Gasteiger partial charge in [-0.2, -0.15) is 0 Å². The number of carboxylic acid groups (broad SMARTS) is 1. The van der Waals surface area contributed by atoms with Crippen molar-refractivity contribution in [3.05, 3.63) is 59.5 Å². The number of hydrogen-bond acceptors (Lipinski definition) is 4. The van der Waals surface area contributed by atoms with E-state index in [0.29, 0.717) is 32.4 Å². The zero-order valence-corrected chi connectivity index (χ0v) is 15.4. The summed E-state index contributed by atoms with van der Waals surface area (Å²) < 4.78 is 5.26. The van der Waals surface area contributed by atoms with Crippen molar-refractivity contribution in [2.24, 2.45) is 5.92 Å². The molecule has 2 aromatic rings. The molecule has 2 atom stereocenters. The van der Waals surface area contributed by atoms with Crippen molar-refractivity contribution in [2.75, 3.05) is 13.1 Å². The average molecular weight is 382 g/mol. The minimum Gasteiger partial charge on any atom is -0.481 e. The predicted octanol–water partition coefficient (Wildman–Crippen LogP) is 2.17. The molecule has 2 amide bonds. The maximum Gasteiger partial charge on any atom is 0.308 e. The van der Waals surface area contributed by atoms with Crippen LogP contribution in [-0.2, 0) is 22.6 Å². The Balaban J connectivity index is 1.62. The number of likely N-dealkylation sites (tertiary alicyclic amines) is 1. The van der Waals surface area contributed by atoms with Crippen LogP contribution in [0.1, 0.15) is 34.5 Å². The standard InChI is InChI=1S/C21H22N2O5/c24-19(22-9-3-7-16(12-22)21(26)27)17-11-14-5-1-2-6-15(14)13-23(17)20(25)18-8-4-10-28-18/h1-2,4-6,8,10,16-17H,3,7,9,11-13H2,(H,26,27). The molecule has 2 aliphatic rings. The maximum absolute atomic E-state index is 13.3. The molecule has 2 aliphatic heterocycles. The molecule has 1 saturated heterocycles. The molecule has 0 saturated carbocycles. The van der Waals surface area contributed by atoms with E-state index in [1.54, 1.807) is 21.9 Å². The Hall–Kier alpha value is -3.09. The van der Waals surface area contributed by atoms with E-state index in [1.165, 1.54) is 6.26 Å². The highest BCUT2D eigenvalue weighted by atomic mass is 16.4. The second kappa shape index (κ2) is 7.50. The van der Waals surface area contributed by atoms with Crippen molar-refractivity contribution in [3.63, 3.8) is 0 Å². The Labute approximate surface area is 162 Å². The zero-order valence-electron chi connectivity index (χ0n) is 15.4. The van der Waals surface area contributed by atoms with Gasteiger partial charge in [-0.15, -0.1) is 0 Å². The van der Waals surface area contributed by atoms with Gasteiger partial charge >= 0.3 is 5.97 Å². The summed E-state index contributed by atoms with van der Waals surface area (Å²) in [7, 11) is 0. The van der Waals surface area contributed by atoms with Crippen LogP contribution in [0.25, 0.3) is 0 Å². The summed E-state index contributed by atoms with van der Waals surface area (Å²) in [5.41, 5.74) is 2.05. The summed E-state index contributed by atoms with van der Waals surface area (Å²) in [5, 5.41) is 9.33. The van der Waals surface area contributed by atoms with E-state index in [4.69, 9.17) is 4.42 Å². The number of aliphatic carboxylic acids is 1. The van der Waals surface area contributed by atoms with Gasteiger partial charge in [-0.1, -0.05) is 24.3 Å². The largest absolute Gasteiger partial charge is 0.481 e. The molecule has 1 aromatic heterocycles. The number of rotatable bonds is 3. The highest BCUT2D eigenvalue weighted by Gasteiger charge is 2.39. The van der Waals surface area contributed by atoms with Crippen LogP contribution in [0.3, 0.4) is 0 Å². The molecule has 0 aliphatic carbocycles. The van der Waals surface area contributed by atoms with Crippen LogP contribution in [0.15, 0.2) is 47.1 Å².